The maximum atomic E-state index is 12.2. The highest BCUT2D eigenvalue weighted by Crippen LogP contribution is 2.13. The number of benzene rings is 1. The molecule has 1 atom stereocenters. The smallest absolute Gasteiger partial charge is 0.252 e. The molecule has 0 fully saturated rings. The van der Waals surface area contributed by atoms with Crippen LogP contribution in [0.4, 0.5) is 0 Å². The Morgan fingerprint density at radius 1 is 1.38 bits per heavy atom. The maximum absolute atomic E-state index is 12.2. The topological polar surface area (TPSA) is 69.6 Å². The fourth-order valence-corrected chi connectivity index (χ4v) is 1.88. The summed E-state index contributed by atoms with van der Waals surface area (Å²) < 4.78 is 0. The summed E-state index contributed by atoms with van der Waals surface area (Å²) in [6, 6.07) is 4.59. The van der Waals surface area contributed by atoms with E-state index in [0.29, 0.717) is 11.1 Å². The van der Waals surface area contributed by atoms with E-state index in [0.717, 1.165) is 5.56 Å². The zero-order valence-corrected chi connectivity index (χ0v) is 12.7. The van der Waals surface area contributed by atoms with E-state index in [-0.39, 0.29) is 18.4 Å². The van der Waals surface area contributed by atoms with Crippen LogP contribution in [0, 0.1) is 18.8 Å². The van der Waals surface area contributed by atoms with E-state index in [1.165, 1.54) is 4.90 Å². The van der Waals surface area contributed by atoms with E-state index in [4.69, 9.17) is 5.11 Å². The van der Waals surface area contributed by atoms with E-state index in [1.54, 1.807) is 46.1 Å². The lowest BCUT2D eigenvalue weighted by Crippen LogP contribution is -2.44. The van der Waals surface area contributed by atoms with Crippen LogP contribution in [0.15, 0.2) is 18.2 Å². The zero-order chi connectivity index (χ0) is 16.0. The van der Waals surface area contributed by atoms with Crippen LogP contribution in [0.2, 0.25) is 0 Å². The van der Waals surface area contributed by atoms with E-state index in [9.17, 15) is 9.59 Å². The van der Waals surface area contributed by atoms with Crippen molar-refractivity contribution in [2.45, 2.75) is 19.9 Å². The molecular weight excluding hydrogens is 268 g/mol. The Balaban J connectivity index is 2.96. The highest BCUT2D eigenvalue weighted by molar-refractivity contribution is 5.98. The number of likely N-dealkylation sites (N-methyl/N-ethyl adjacent to an activating group) is 1. The van der Waals surface area contributed by atoms with Crippen LogP contribution in [-0.2, 0) is 4.79 Å². The highest BCUT2D eigenvalue weighted by atomic mass is 16.2. The first-order valence-corrected chi connectivity index (χ1v) is 6.59. The SMILES string of the molecule is Cc1c(C#CCO)cccc1C(=O)NC(C)C(=O)N(C)C. The van der Waals surface area contributed by atoms with Crippen LogP contribution >= 0.6 is 0 Å². The Labute approximate surface area is 125 Å². The molecule has 5 heteroatoms. The minimum Gasteiger partial charge on any atom is -0.384 e. The lowest BCUT2D eigenvalue weighted by atomic mass is 10.0. The number of rotatable bonds is 3. The van der Waals surface area contributed by atoms with Gasteiger partial charge in [-0.05, 0) is 31.5 Å². The molecule has 5 nitrogen and oxygen atoms in total. The number of carbonyl (C=O) groups excluding carboxylic acids is 2. The van der Waals surface area contributed by atoms with Crippen molar-refractivity contribution in [3.05, 3.63) is 34.9 Å². The van der Waals surface area contributed by atoms with Gasteiger partial charge >= 0.3 is 0 Å². The maximum Gasteiger partial charge on any atom is 0.252 e. The second-order valence-electron chi connectivity index (χ2n) is 4.87. The summed E-state index contributed by atoms with van der Waals surface area (Å²) in [7, 11) is 3.28. The number of hydrogen-bond donors (Lipinski definition) is 2. The van der Waals surface area contributed by atoms with Gasteiger partial charge in [0.15, 0.2) is 0 Å². The van der Waals surface area contributed by atoms with Crippen LogP contribution in [0.1, 0.15) is 28.4 Å². The molecular formula is C16H20N2O3. The predicted molar refractivity (Wildman–Crippen MR) is 80.8 cm³/mol. The minimum absolute atomic E-state index is 0.169. The first kappa shape index (κ1) is 16.7. The zero-order valence-electron chi connectivity index (χ0n) is 12.7. The van der Waals surface area contributed by atoms with Gasteiger partial charge in [0, 0.05) is 25.2 Å². The first-order chi connectivity index (χ1) is 9.88. The van der Waals surface area contributed by atoms with Crippen LogP contribution < -0.4 is 5.32 Å². The average molecular weight is 288 g/mol. The Hall–Kier alpha value is -2.32. The van der Waals surface area contributed by atoms with E-state index in [2.05, 4.69) is 17.2 Å². The van der Waals surface area contributed by atoms with Crippen LogP contribution in [0.3, 0.4) is 0 Å². The molecule has 0 aromatic heterocycles. The quantitative estimate of drug-likeness (QED) is 0.798. The fraction of sp³-hybridized carbons (Fsp3) is 0.375. The molecule has 0 heterocycles. The molecule has 0 saturated carbocycles. The van der Waals surface area contributed by atoms with Crippen molar-refractivity contribution < 1.29 is 14.7 Å². The number of aliphatic hydroxyl groups is 1. The average Bonchev–Trinajstić information content (AvgIpc) is 2.44. The fourth-order valence-electron chi connectivity index (χ4n) is 1.88. The molecule has 0 aliphatic carbocycles. The van der Waals surface area contributed by atoms with Crippen LogP contribution in [-0.4, -0.2) is 48.6 Å². The van der Waals surface area contributed by atoms with E-state index < -0.39 is 6.04 Å². The number of aliphatic hydroxyl groups excluding tert-OH is 1. The summed E-state index contributed by atoms with van der Waals surface area (Å²) in [6.07, 6.45) is 0. The van der Waals surface area contributed by atoms with E-state index >= 15 is 0 Å². The number of nitrogens with zero attached hydrogens (tertiary/aromatic N) is 1. The van der Waals surface area contributed by atoms with Gasteiger partial charge in [-0.25, -0.2) is 0 Å². The number of hydrogen-bond acceptors (Lipinski definition) is 3. The molecule has 2 amide bonds. The van der Waals surface area contributed by atoms with Crippen molar-refractivity contribution in [2.75, 3.05) is 20.7 Å². The molecule has 0 aliphatic rings. The molecule has 0 spiro atoms. The standard InChI is InChI=1S/C16H20N2O3/c1-11-13(8-6-10-19)7-5-9-14(11)15(20)17-12(2)16(21)18(3)4/h5,7,9,12,19H,10H2,1-4H3,(H,17,20). The Bertz CT molecular complexity index is 597. The number of nitrogens with one attached hydrogen (secondary N) is 1. The van der Waals surface area contributed by atoms with E-state index in [1.807, 2.05) is 0 Å². The van der Waals surface area contributed by atoms with Gasteiger partial charge in [0.2, 0.25) is 5.91 Å². The largest absolute Gasteiger partial charge is 0.384 e. The van der Waals surface area contributed by atoms with Gasteiger partial charge in [0.1, 0.15) is 12.6 Å². The summed E-state index contributed by atoms with van der Waals surface area (Å²) in [5.74, 6) is 4.87. The Morgan fingerprint density at radius 2 is 2.05 bits per heavy atom. The molecule has 112 valence electrons. The Morgan fingerprint density at radius 3 is 2.62 bits per heavy atom. The summed E-state index contributed by atoms with van der Waals surface area (Å²) in [4.78, 5) is 25.4. The third-order valence-electron chi connectivity index (χ3n) is 3.04. The van der Waals surface area contributed by atoms with Crippen molar-refractivity contribution in [1.82, 2.24) is 10.2 Å². The molecule has 2 N–H and O–H groups in total. The minimum atomic E-state index is -0.598. The van der Waals surface area contributed by atoms with Gasteiger partial charge in [0.05, 0.1) is 0 Å². The molecule has 1 aromatic carbocycles. The van der Waals surface area contributed by atoms with Gasteiger partial charge in [-0.15, -0.1) is 0 Å². The van der Waals surface area contributed by atoms with Crippen molar-refractivity contribution in [1.29, 1.82) is 0 Å². The van der Waals surface area contributed by atoms with Crippen molar-refractivity contribution in [3.63, 3.8) is 0 Å². The molecule has 1 rings (SSSR count). The first-order valence-electron chi connectivity index (χ1n) is 6.59. The molecule has 1 unspecified atom stereocenters. The van der Waals surface area contributed by atoms with Gasteiger partial charge < -0.3 is 15.3 Å². The summed E-state index contributed by atoms with van der Waals surface area (Å²) in [5.41, 5.74) is 1.88. The van der Waals surface area contributed by atoms with Crippen molar-refractivity contribution >= 4 is 11.8 Å². The van der Waals surface area contributed by atoms with Crippen LogP contribution in [0.5, 0.6) is 0 Å². The van der Waals surface area contributed by atoms with Gasteiger partial charge in [-0.1, -0.05) is 17.9 Å². The summed E-state index contributed by atoms with van der Waals surface area (Å²) in [5, 5.41) is 11.4. The predicted octanol–water partition coefficient (Wildman–Crippen LogP) is 0.545. The third-order valence-corrected chi connectivity index (χ3v) is 3.04. The second-order valence-corrected chi connectivity index (χ2v) is 4.87. The van der Waals surface area contributed by atoms with Crippen LogP contribution in [0.25, 0.3) is 0 Å². The molecule has 0 aliphatic heterocycles. The Kier molecular flexibility index (Phi) is 5.94. The molecule has 0 bridgehead atoms. The third kappa shape index (κ3) is 4.33. The summed E-state index contributed by atoms with van der Waals surface area (Å²) >= 11 is 0. The molecule has 1 aromatic rings. The lowest BCUT2D eigenvalue weighted by molar-refractivity contribution is -0.130. The number of carbonyl (C=O) groups is 2. The van der Waals surface area contributed by atoms with Crippen molar-refractivity contribution in [3.8, 4) is 11.8 Å². The van der Waals surface area contributed by atoms with Gasteiger partial charge in [0.25, 0.3) is 5.91 Å². The normalized spacial score (nSPS) is 11.1. The molecule has 0 radical (unpaired) electrons. The summed E-state index contributed by atoms with van der Waals surface area (Å²) in [6.45, 7) is 3.20. The number of amides is 2. The lowest BCUT2D eigenvalue weighted by Gasteiger charge is -2.18. The van der Waals surface area contributed by atoms with Crippen molar-refractivity contribution in [2.24, 2.45) is 0 Å². The van der Waals surface area contributed by atoms with Gasteiger partial charge in [-0.2, -0.15) is 0 Å². The monoisotopic (exact) mass is 288 g/mol. The molecule has 21 heavy (non-hydrogen) atoms. The highest BCUT2D eigenvalue weighted by Gasteiger charge is 2.19. The second kappa shape index (κ2) is 7.46. The van der Waals surface area contributed by atoms with Gasteiger partial charge in [-0.3, -0.25) is 9.59 Å². The molecule has 0 saturated heterocycles.